The number of rotatable bonds is 6. The van der Waals surface area contributed by atoms with Gasteiger partial charge in [-0.3, -0.25) is 9.59 Å². The van der Waals surface area contributed by atoms with E-state index in [9.17, 15) is 9.59 Å². The first-order chi connectivity index (χ1) is 11.0. The van der Waals surface area contributed by atoms with Crippen LogP contribution in [0.5, 0.6) is 0 Å². The van der Waals surface area contributed by atoms with Crippen LogP contribution in [0, 0.1) is 0 Å². The Hall–Kier alpha value is -1.99. The van der Waals surface area contributed by atoms with Gasteiger partial charge in [0.1, 0.15) is 5.01 Å². The van der Waals surface area contributed by atoms with Crippen molar-refractivity contribution in [3.8, 4) is 0 Å². The minimum absolute atomic E-state index is 0.0624. The summed E-state index contributed by atoms with van der Waals surface area (Å²) in [7, 11) is 0. The molecule has 0 saturated heterocycles. The lowest BCUT2D eigenvalue weighted by molar-refractivity contribution is -0.121. The number of benzene rings is 1. The number of carbonyl (C=O) groups excluding carboxylic acids is 2. The zero-order valence-electron chi connectivity index (χ0n) is 12.8. The molecule has 0 aliphatic rings. The fourth-order valence-corrected chi connectivity index (χ4v) is 2.65. The van der Waals surface area contributed by atoms with Crippen LogP contribution in [0.2, 0.25) is 5.02 Å². The zero-order chi connectivity index (χ0) is 16.8. The minimum atomic E-state index is -0.272. The van der Waals surface area contributed by atoms with Crippen LogP contribution in [-0.2, 0) is 9.59 Å². The average Bonchev–Trinajstić information content (AvgIpc) is 2.96. The fourth-order valence-electron chi connectivity index (χ4n) is 1.70. The number of nitrogens with zero attached hydrogens (tertiary/aromatic N) is 2. The topological polar surface area (TPSA) is 84.0 Å². The molecule has 0 unspecified atom stereocenters. The molecule has 23 heavy (non-hydrogen) atoms. The summed E-state index contributed by atoms with van der Waals surface area (Å²) in [5.41, 5.74) is 0.533. The van der Waals surface area contributed by atoms with Gasteiger partial charge in [0.25, 0.3) is 0 Å². The van der Waals surface area contributed by atoms with Crippen molar-refractivity contribution < 1.29 is 9.59 Å². The third-order valence-electron chi connectivity index (χ3n) is 2.91. The van der Waals surface area contributed by atoms with E-state index < -0.39 is 0 Å². The van der Waals surface area contributed by atoms with Gasteiger partial charge >= 0.3 is 0 Å². The van der Waals surface area contributed by atoms with Gasteiger partial charge in [0, 0.05) is 18.8 Å². The van der Waals surface area contributed by atoms with Crippen LogP contribution >= 0.6 is 22.9 Å². The van der Waals surface area contributed by atoms with E-state index in [0.717, 1.165) is 5.01 Å². The highest BCUT2D eigenvalue weighted by Crippen LogP contribution is 2.23. The number of carbonyl (C=O) groups is 2. The van der Waals surface area contributed by atoms with E-state index in [1.807, 2.05) is 13.8 Å². The molecule has 1 aromatic heterocycles. The van der Waals surface area contributed by atoms with Crippen LogP contribution in [0.15, 0.2) is 24.3 Å². The largest absolute Gasteiger partial charge is 0.325 e. The summed E-state index contributed by atoms with van der Waals surface area (Å²) in [6.45, 7) is 4.01. The molecular formula is C15H17ClN4O2S. The smallest absolute Gasteiger partial charge is 0.226 e. The molecule has 2 amide bonds. The van der Waals surface area contributed by atoms with Gasteiger partial charge in [0.05, 0.1) is 10.7 Å². The normalized spacial score (nSPS) is 10.6. The molecule has 0 saturated carbocycles. The van der Waals surface area contributed by atoms with E-state index in [-0.39, 0.29) is 30.6 Å². The molecule has 0 radical (unpaired) electrons. The Balaban J connectivity index is 1.79. The van der Waals surface area contributed by atoms with Gasteiger partial charge in [-0.05, 0) is 12.1 Å². The summed E-state index contributed by atoms with van der Waals surface area (Å²) >= 11 is 7.29. The molecule has 2 aromatic rings. The third kappa shape index (κ3) is 5.30. The van der Waals surface area contributed by atoms with Crippen LogP contribution < -0.4 is 10.6 Å². The first-order valence-electron chi connectivity index (χ1n) is 7.13. The Kier molecular flexibility index (Phi) is 6.06. The van der Waals surface area contributed by atoms with Gasteiger partial charge in [0.15, 0.2) is 0 Å². The van der Waals surface area contributed by atoms with Gasteiger partial charge in [-0.2, -0.15) is 0 Å². The van der Waals surface area contributed by atoms with Gasteiger partial charge in [-0.25, -0.2) is 0 Å². The highest BCUT2D eigenvalue weighted by molar-refractivity contribution is 7.15. The lowest BCUT2D eigenvalue weighted by Crippen LogP contribution is -2.17. The van der Waals surface area contributed by atoms with E-state index in [1.54, 1.807) is 24.3 Å². The van der Waals surface area contributed by atoms with Gasteiger partial charge in [-0.1, -0.05) is 48.9 Å². The van der Waals surface area contributed by atoms with Crippen molar-refractivity contribution in [2.75, 3.05) is 10.6 Å². The number of aromatic nitrogens is 2. The first-order valence-corrected chi connectivity index (χ1v) is 8.32. The number of hydrogen-bond acceptors (Lipinski definition) is 5. The molecule has 1 aromatic carbocycles. The molecule has 2 rings (SSSR count). The number of hydrogen-bond donors (Lipinski definition) is 2. The second-order valence-electron chi connectivity index (χ2n) is 5.18. The molecule has 0 fully saturated rings. The monoisotopic (exact) mass is 352 g/mol. The highest BCUT2D eigenvalue weighted by atomic mass is 35.5. The molecule has 2 N–H and O–H groups in total. The molecule has 122 valence electrons. The number of halogens is 1. The van der Waals surface area contributed by atoms with Gasteiger partial charge in [0.2, 0.25) is 16.9 Å². The lowest BCUT2D eigenvalue weighted by atomic mass is 10.2. The van der Waals surface area contributed by atoms with Crippen LogP contribution in [0.1, 0.15) is 37.6 Å². The number of amides is 2. The molecule has 0 atom stereocenters. The van der Waals surface area contributed by atoms with Crippen molar-refractivity contribution in [3.05, 3.63) is 34.3 Å². The fraction of sp³-hybridized carbons (Fsp3) is 0.333. The molecule has 6 nitrogen and oxygen atoms in total. The van der Waals surface area contributed by atoms with Crippen molar-refractivity contribution in [3.63, 3.8) is 0 Å². The van der Waals surface area contributed by atoms with Crippen molar-refractivity contribution >= 4 is 45.6 Å². The van der Waals surface area contributed by atoms with Crippen molar-refractivity contribution in [1.29, 1.82) is 0 Å². The van der Waals surface area contributed by atoms with Gasteiger partial charge < -0.3 is 10.6 Å². The summed E-state index contributed by atoms with van der Waals surface area (Å²) < 4.78 is 0. The standard InChI is InChI=1S/C15H17ClN4O2S/c1-9(2)14-19-20-15(23-14)18-13(22)8-7-12(21)17-11-6-4-3-5-10(11)16/h3-6,9H,7-8H2,1-2H3,(H,17,21)(H,18,20,22). The van der Waals surface area contributed by atoms with Gasteiger partial charge in [-0.15, -0.1) is 10.2 Å². The molecule has 0 aliphatic carbocycles. The summed E-state index contributed by atoms with van der Waals surface area (Å²) in [6, 6.07) is 6.94. The molecule has 0 aliphatic heterocycles. The minimum Gasteiger partial charge on any atom is -0.325 e. The summed E-state index contributed by atoms with van der Waals surface area (Å²) in [4.78, 5) is 23.7. The van der Waals surface area contributed by atoms with Crippen molar-refractivity contribution in [2.45, 2.75) is 32.6 Å². The summed E-state index contributed by atoms with van der Waals surface area (Å²) in [5.74, 6) is -0.279. The third-order valence-corrected chi connectivity index (χ3v) is 4.38. The lowest BCUT2D eigenvalue weighted by Gasteiger charge is -2.06. The van der Waals surface area contributed by atoms with Crippen molar-refractivity contribution in [2.24, 2.45) is 0 Å². The Morgan fingerprint density at radius 2 is 1.78 bits per heavy atom. The van der Waals surface area contributed by atoms with Crippen LogP contribution in [0.4, 0.5) is 10.8 Å². The summed E-state index contributed by atoms with van der Waals surface area (Å²) in [5, 5.41) is 15.0. The maximum atomic E-state index is 11.8. The second kappa shape index (κ2) is 8.03. The maximum absolute atomic E-state index is 11.8. The Morgan fingerprint density at radius 3 is 2.39 bits per heavy atom. The molecule has 0 spiro atoms. The Bertz CT molecular complexity index is 702. The molecule has 0 bridgehead atoms. The Morgan fingerprint density at radius 1 is 1.13 bits per heavy atom. The van der Waals surface area contributed by atoms with E-state index >= 15 is 0 Å². The zero-order valence-corrected chi connectivity index (χ0v) is 14.4. The number of nitrogens with one attached hydrogen (secondary N) is 2. The summed E-state index contributed by atoms with van der Waals surface area (Å²) in [6.07, 6.45) is 0.125. The van der Waals surface area contributed by atoms with Crippen molar-refractivity contribution in [1.82, 2.24) is 10.2 Å². The second-order valence-corrected chi connectivity index (χ2v) is 6.59. The molecule has 8 heteroatoms. The van der Waals surface area contributed by atoms with E-state index in [4.69, 9.17) is 11.6 Å². The SMILES string of the molecule is CC(C)c1nnc(NC(=O)CCC(=O)Nc2ccccc2Cl)s1. The van der Waals surface area contributed by atoms with Crippen LogP contribution in [0.25, 0.3) is 0 Å². The highest BCUT2D eigenvalue weighted by Gasteiger charge is 2.12. The number of para-hydroxylation sites is 1. The number of anilines is 2. The van der Waals surface area contributed by atoms with E-state index in [2.05, 4.69) is 20.8 Å². The predicted molar refractivity (Wildman–Crippen MR) is 91.9 cm³/mol. The maximum Gasteiger partial charge on any atom is 0.226 e. The van der Waals surface area contributed by atoms with Crippen LogP contribution in [-0.4, -0.2) is 22.0 Å². The first kappa shape index (κ1) is 17.4. The molecule has 1 heterocycles. The predicted octanol–water partition coefficient (Wildman–Crippen LogP) is 3.67. The van der Waals surface area contributed by atoms with Crippen LogP contribution in [0.3, 0.4) is 0 Å². The quantitative estimate of drug-likeness (QED) is 0.830. The van der Waals surface area contributed by atoms with E-state index in [0.29, 0.717) is 15.8 Å². The Labute approximate surface area is 143 Å². The molecular weight excluding hydrogens is 336 g/mol. The van der Waals surface area contributed by atoms with E-state index in [1.165, 1.54) is 11.3 Å². The average molecular weight is 353 g/mol.